The van der Waals surface area contributed by atoms with Gasteiger partial charge in [-0.15, -0.1) is 0 Å². The summed E-state index contributed by atoms with van der Waals surface area (Å²) in [6.07, 6.45) is -5.62. The number of carbonyl (C=O) groups excluding carboxylic acids is 3. The van der Waals surface area contributed by atoms with Crippen molar-refractivity contribution in [2.24, 2.45) is 17.6 Å². The first-order valence-corrected chi connectivity index (χ1v) is 12.8. The number of amides is 1. The zero-order valence-electron chi connectivity index (χ0n) is 22.5. The smallest absolute Gasteiger partial charge is 0.417 e. The molecule has 3 aliphatic carbocycles. The molecule has 0 heterocycles. The molecule has 40 heavy (non-hydrogen) atoms. The lowest BCUT2D eigenvalue weighted by molar-refractivity contribution is -0.153. The Balaban J connectivity index is 1.99. The van der Waals surface area contributed by atoms with Crippen LogP contribution in [0.2, 0.25) is 0 Å². The third-order valence-electron chi connectivity index (χ3n) is 8.38. The fraction of sp³-hybridized carbons (Fsp3) is 0.519. The molecule has 0 bridgehead atoms. The molecule has 0 spiro atoms. The quantitative estimate of drug-likeness (QED) is 0.323. The molecule has 0 saturated heterocycles. The summed E-state index contributed by atoms with van der Waals surface area (Å²) in [5, 5.41) is 44.5. The van der Waals surface area contributed by atoms with E-state index in [0.29, 0.717) is 13.1 Å². The number of likely N-dealkylation sites (N-methyl/N-ethyl adjacent to an activating group) is 1. The Morgan fingerprint density at radius 3 is 2.25 bits per heavy atom. The molecule has 3 aliphatic rings. The van der Waals surface area contributed by atoms with Crippen LogP contribution in [0, 0.1) is 11.8 Å². The van der Waals surface area contributed by atoms with E-state index < -0.39 is 98.7 Å². The molecule has 1 fully saturated rings. The number of rotatable bonds is 6. The Morgan fingerprint density at radius 2 is 1.75 bits per heavy atom. The second kappa shape index (κ2) is 9.89. The molecule has 1 aromatic rings. The van der Waals surface area contributed by atoms with Crippen molar-refractivity contribution in [3.05, 3.63) is 45.2 Å². The van der Waals surface area contributed by atoms with Gasteiger partial charge in [-0.2, -0.15) is 13.2 Å². The van der Waals surface area contributed by atoms with Crippen LogP contribution >= 0.6 is 0 Å². The molecular formula is C27H32F3N3O7. The van der Waals surface area contributed by atoms with Crippen molar-refractivity contribution in [2.75, 3.05) is 27.2 Å². The van der Waals surface area contributed by atoms with E-state index in [2.05, 4.69) is 0 Å². The number of phenols is 1. The third-order valence-corrected chi connectivity index (χ3v) is 8.38. The highest BCUT2D eigenvalue weighted by molar-refractivity contribution is 6.24. The third kappa shape index (κ3) is 4.18. The molecule has 1 amide bonds. The van der Waals surface area contributed by atoms with E-state index in [0.717, 1.165) is 6.07 Å². The molecule has 6 N–H and O–H groups in total. The number of benzene rings is 1. The van der Waals surface area contributed by atoms with Gasteiger partial charge in [-0.05, 0) is 63.1 Å². The summed E-state index contributed by atoms with van der Waals surface area (Å²) in [6, 6.07) is -0.423. The SMILES string of the molecule is CCN(CC)Cc1cc(O)c2c(c1C(F)(F)F)C[C@H]1C[C@H]3[C@H](N(C)C)C(=O)C(C(N)=O)=C(O)[C@@]3(O)C(=O)C1=C2O. The van der Waals surface area contributed by atoms with Crippen LogP contribution < -0.4 is 5.73 Å². The molecule has 4 rings (SSSR count). The number of primary amides is 1. The predicted molar refractivity (Wildman–Crippen MR) is 136 cm³/mol. The number of ketones is 2. The molecule has 0 radical (unpaired) electrons. The highest BCUT2D eigenvalue weighted by Gasteiger charge is 2.64. The number of phenolic OH excluding ortho intramolecular Hbond substituents is 1. The van der Waals surface area contributed by atoms with Crippen LogP contribution in [0.15, 0.2) is 23.0 Å². The van der Waals surface area contributed by atoms with Crippen molar-refractivity contribution in [1.29, 1.82) is 0 Å². The molecule has 0 unspecified atom stereocenters. The summed E-state index contributed by atoms with van der Waals surface area (Å²) in [7, 11) is 2.87. The van der Waals surface area contributed by atoms with E-state index in [-0.39, 0.29) is 18.5 Å². The molecule has 218 valence electrons. The van der Waals surface area contributed by atoms with Crippen LogP contribution in [0.1, 0.15) is 42.5 Å². The monoisotopic (exact) mass is 567 g/mol. The van der Waals surface area contributed by atoms with E-state index in [1.165, 1.54) is 19.0 Å². The first-order chi connectivity index (χ1) is 18.5. The standard InChI is InChI=1S/C27H32F3N3O7/c1-5-33(6-2)10-12-9-15(34)17-13(19(12)27(28,29)30)7-11-8-14-20(32(3)4)22(36)18(25(31)39)24(38)26(14,40)23(37)16(11)21(17)35/h9,11,14,20,34-35,38,40H,5-8,10H2,1-4H3,(H2,31,39)/t11-,14-,20-,26-/m0/s1. The van der Waals surface area contributed by atoms with Gasteiger partial charge in [0.15, 0.2) is 11.4 Å². The van der Waals surface area contributed by atoms with Crippen LogP contribution in [0.25, 0.3) is 5.76 Å². The lowest BCUT2D eigenvalue weighted by atomic mass is 9.57. The maximum absolute atomic E-state index is 14.5. The van der Waals surface area contributed by atoms with E-state index in [4.69, 9.17) is 5.73 Å². The second-order valence-electron chi connectivity index (χ2n) is 10.7. The van der Waals surface area contributed by atoms with Crippen molar-refractivity contribution in [1.82, 2.24) is 9.80 Å². The number of nitrogens with zero attached hydrogens (tertiary/aromatic N) is 2. The van der Waals surface area contributed by atoms with Crippen LogP contribution in [0.4, 0.5) is 13.2 Å². The molecular weight excluding hydrogens is 535 g/mol. The number of aliphatic hydroxyl groups excluding tert-OH is 2. The maximum Gasteiger partial charge on any atom is 0.417 e. The predicted octanol–water partition coefficient (Wildman–Crippen LogP) is 1.82. The van der Waals surface area contributed by atoms with Gasteiger partial charge in [0.05, 0.1) is 17.2 Å². The number of Topliss-reactive ketones (excluding diaryl/α,β-unsaturated/α-hetero) is 2. The molecule has 0 aliphatic heterocycles. The highest BCUT2D eigenvalue weighted by atomic mass is 19.4. The molecule has 10 nitrogen and oxygen atoms in total. The van der Waals surface area contributed by atoms with E-state index in [1.54, 1.807) is 18.7 Å². The molecule has 4 atom stereocenters. The lowest BCUT2D eigenvalue weighted by Crippen LogP contribution is -2.65. The zero-order valence-corrected chi connectivity index (χ0v) is 22.5. The first-order valence-electron chi connectivity index (χ1n) is 12.8. The number of fused-ring (bicyclic) bond motifs is 3. The van der Waals surface area contributed by atoms with E-state index >= 15 is 0 Å². The maximum atomic E-state index is 14.5. The summed E-state index contributed by atoms with van der Waals surface area (Å²) >= 11 is 0. The number of alkyl halides is 3. The second-order valence-corrected chi connectivity index (χ2v) is 10.7. The normalized spacial score (nSPS) is 26.8. The number of aromatic hydroxyl groups is 1. The van der Waals surface area contributed by atoms with Gasteiger partial charge in [0.2, 0.25) is 5.78 Å². The van der Waals surface area contributed by atoms with Gasteiger partial charge in [-0.3, -0.25) is 24.2 Å². The number of aliphatic hydroxyl groups is 3. The number of hydrogen-bond acceptors (Lipinski definition) is 9. The Labute approximate surface area is 228 Å². The summed E-state index contributed by atoms with van der Waals surface area (Å²) < 4.78 is 43.6. The van der Waals surface area contributed by atoms with Crippen LogP contribution in [-0.4, -0.2) is 86.5 Å². The van der Waals surface area contributed by atoms with Gasteiger partial charge >= 0.3 is 6.18 Å². The minimum atomic E-state index is -4.87. The van der Waals surface area contributed by atoms with Crippen LogP contribution in [-0.2, 0) is 33.5 Å². The number of carbonyl (C=O) groups is 3. The fourth-order valence-electron chi connectivity index (χ4n) is 6.55. The highest BCUT2D eigenvalue weighted by Crippen LogP contribution is 2.54. The summed E-state index contributed by atoms with van der Waals surface area (Å²) in [6.45, 7) is 4.33. The van der Waals surface area contributed by atoms with Crippen molar-refractivity contribution < 1.29 is 48.0 Å². The van der Waals surface area contributed by atoms with E-state index in [1.807, 2.05) is 0 Å². The van der Waals surface area contributed by atoms with Crippen molar-refractivity contribution >= 4 is 23.2 Å². The first kappa shape index (κ1) is 29.6. The summed E-state index contributed by atoms with van der Waals surface area (Å²) in [5.41, 5.74) is -1.29. The number of hydrogen-bond donors (Lipinski definition) is 5. The number of nitrogens with two attached hydrogens (primary N) is 1. The van der Waals surface area contributed by atoms with Crippen LogP contribution in [0.3, 0.4) is 0 Å². The van der Waals surface area contributed by atoms with E-state index in [9.17, 15) is 48.0 Å². The average Bonchev–Trinajstić information content (AvgIpc) is 2.83. The minimum absolute atomic E-state index is 0.127. The summed E-state index contributed by atoms with van der Waals surface area (Å²) in [5.74, 6) is -9.00. The van der Waals surface area contributed by atoms with Gasteiger partial charge in [0.25, 0.3) is 5.91 Å². The van der Waals surface area contributed by atoms with Crippen molar-refractivity contribution in [3.8, 4) is 5.75 Å². The Kier molecular flexibility index (Phi) is 7.31. The molecule has 1 saturated carbocycles. The lowest BCUT2D eigenvalue weighted by Gasteiger charge is -2.50. The van der Waals surface area contributed by atoms with Crippen molar-refractivity contribution in [2.45, 2.75) is 51.1 Å². The van der Waals surface area contributed by atoms with Gasteiger partial charge in [0, 0.05) is 18.0 Å². The fourth-order valence-corrected chi connectivity index (χ4v) is 6.55. The Morgan fingerprint density at radius 1 is 1.15 bits per heavy atom. The molecule has 0 aromatic heterocycles. The molecule has 13 heteroatoms. The van der Waals surface area contributed by atoms with Gasteiger partial charge < -0.3 is 26.2 Å². The largest absolute Gasteiger partial charge is 0.508 e. The minimum Gasteiger partial charge on any atom is -0.508 e. The van der Waals surface area contributed by atoms with Crippen LogP contribution in [0.5, 0.6) is 5.75 Å². The topological polar surface area (TPSA) is 165 Å². The Bertz CT molecular complexity index is 1360. The molecule has 1 aromatic carbocycles. The van der Waals surface area contributed by atoms with Crippen molar-refractivity contribution in [3.63, 3.8) is 0 Å². The average molecular weight is 568 g/mol. The Hall–Kier alpha value is -3.42. The van der Waals surface area contributed by atoms with Gasteiger partial charge in [-0.25, -0.2) is 0 Å². The van der Waals surface area contributed by atoms with Gasteiger partial charge in [-0.1, -0.05) is 13.8 Å². The number of halogens is 3. The summed E-state index contributed by atoms with van der Waals surface area (Å²) in [4.78, 5) is 42.1. The zero-order chi connectivity index (χ0) is 30.1. The van der Waals surface area contributed by atoms with Gasteiger partial charge in [0.1, 0.15) is 22.8 Å².